The lowest BCUT2D eigenvalue weighted by atomic mass is 9.82. The van der Waals surface area contributed by atoms with E-state index in [1.165, 1.54) is 12.8 Å². The Morgan fingerprint density at radius 2 is 1.96 bits per heavy atom. The lowest BCUT2D eigenvalue weighted by Gasteiger charge is -2.33. The number of likely N-dealkylation sites (tertiary alicyclic amines) is 1. The Morgan fingerprint density at radius 1 is 1.22 bits per heavy atom. The SMILES string of the molecule is CN=C(NCCN1CCOCC1C)N1CC2C3CCC(O3)C2C1. The van der Waals surface area contributed by atoms with Crippen LogP contribution in [-0.4, -0.2) is 87.0 Å². The third-order valence-corrected chi connectivity index (χ3v) is 6.15. The summed E-state index contributed by atoms with van der Waals surface area (Å²) in [5.41, 5.74) is 0. The first-order chi connectivity index (χ1) is 11.3. The number of ether oxygens (including phenoxy) is 2. The average Bonchev–Trinajstić information content (AvgIpc) is 3.25. The molecule has 4 aliphatic rings. The summed E-state index contributed by atoms with van der Waals surface area (Å²) in [7, 11) is 1.90. The fourth-order valence-corrected chi connectivity index (χ4v) is 4.87. The van der Waals surface area contributed by atoms with Gasteiger partial charge in [-0.1, -0.05) is 0 Å². The highest BCUT2D eigenvalue weighted by atomic mass is 16.5. The van der Waals surface area contributed by atoms with Gasteiger partial charge in [0, 0.05) is 57.6 Å². The van der Waals surface area contributed by atoms with Crippen molar-refractivity contribution in [3.63, 3.8) is 0 Å². The highest BCUT2D eigenvalue weighted by Gasteiger charge is 2.53. The zero-order valence-corrected chi connectivity index (χ0v) is 14.4. The number of rotatable bonds is 3. The molecule has 0 aromatic rings. The molecular weight excluding hydrogens is 292 g/mol. The van der Waals surface area contributed by atoms with Crippen LogP contribution in [0, 0.1) is 11.8 Å². The van der Waals surface area contributed by atoms with Crippen molar-refractivity contribution in [1.82, 2.24) is 15.1 Å². The topological polar surface area (TPSA) is 49.3 Å². The Labute approximate surface area is 139 Å². The van der Waals surface area contributed by atoms with Crippen LogP contribution in [-0.2, 0) is 9.47 Å². The smallest absolute Gasteiger partial charge is 0.193 e. The number of hydrogen-bond acceptors (Lipinski definition) is 4. The number of nitrogens with one attached hydrogen (secondary N) is 1. The molecule has 6 heteroatoms. The molecular formula is C17H30N4O2. The van der Waals surface area contributed by atoms with Gasteiger partial charge < -0.3 is 19.7 Å². The largest absolute Gasteiger partial charge is 0.379 e. The maximum Gasteiger partial charge on any atom is 0.193 e. The molecule has 6 nitrogen and oxygen atoms in total. The third kappa shape index (κ3) is 2.96. The summed E-state index contributed by atoms with van der Waals surface area (Å²) < 4.78 is 11.6. The summed E-state index contributed by atoms with van der Waals surface area (Å²) in [6.45, 7) is 9.22. The highest BCUT2D eigenvalue weighted by molar-refractivity contribution is 5.80. The van der Waals surface area contributed by atoms with Crippen LogP contribution in [0.15, 0.2) is 4.99 Å². The van der Waals surface area contributed by atoms with Crippen LogP contribution in [0.4, 0.5) is 0 Å². The van der Waals surface area contributed by atoms with Crippen molar-refractivity contribution in [3.05, 3.63) is 0 Å². The first-order valence-corrected chi connectivity index (χ1v) is 9.19. The maximum atomic E-state index is 6.07. The molecule has 4 fully saturated rings. The Balaban J connectivity index is 1.27. The van der Waals surface area contributed by atoms with Crippen molar-refractivity contribution in [3.8, 4) is 0 Å². The predicted octanol–water partition coefficient (Wildman–Crippen LogP) is 0.392. The second-order valence-corrected chi connectivity index (χ2v) is 7.46. The Hall–Kier alpha value is -0.850. The zero-order valence-electron chi connectivity index (χ0n) is 14.4. The van der Waals surface area contributed by atoms with Gasteiger partial charge in [0.2, 0.25) is 0 Å². The fourth-order valence-electron chi connectivity index (χ4n) is 4.87. The van der Waals surface area contributed by atoms with Crippen LogP contribution >= 0.6 is 0 Å². The molecule has 2 bridgehead atoms. The first kappa shape index (κ1) is 15.7. The predicted molar refractivity (Wildman–Crippen MR) is 89.7 cm³/mol. The molecule has 0 amide bonds. The fraction of sp³-hybridized carbons (Fsp3) is 0.941. The Bertz CT molecular complexity index is 440. The van der Waals surface area contributed by atoms with Crippen molar-refractivity contribution < 1.29 is 9.47 Å². The van der Waals surface area contributed by atoms with Crippen molar-refractivity contribution in [1.29, 1.82) is 0 Å². The molecule has 130 valence electrons. The van der Waals surface area contributed by atoms with Crippen molar-refractivity contribution in [2.24, 2.45) is 16.8 Å². The number of morpholine rings is 1. The van der Waals surface area contributed by atoms with E-state index < -0.39 is 0 Å². The molecule has 4 heterocycles. The molecule has 4 aliphatic heterocycles. The Kier molecular flexibility index (Phi) is 4.48. The lowest BCUT2D eigenvalue weighted by Crippen LogP contribution is -2.48. The van der Waals surface area contributed by atoms with Crippen LogP contribution < -0.4 is 5.32 Å². The minimum absolute atomic E-state index is 0.516. The minimum atomic E-state index is 0.516. The van der Waals surface area contributed by atoms with Gasteiger partial charge >= 0.3 is 0 Å². The third-order valence-electron chi connectivity index (χ3n) is 6.15. The standard InChI is InChI=1S/C17H30N4O2/c1-12-11-22-8-7-20(12)6-5-19-17(18-2)21-9-13-14(10-21)16-4-3-15(13)23-16/h12-16H,3-11H2,1-2H3,(H,18,19). The molecule has 5 unspecified atom stereocenters. The molecule has 0 spiro atoms. The Morgan fingerprint density at radius 3 is 2.61 bits per heavy atom. The van der Waals surface area contributed by atoms with Crippen LogP contribution in [0.2, 0.25) is 0 Å². The number of hydrogen-bond donors (Lipinski definition) is 1. The summed E-state index contributed by atoms with van der Waals surface area (Å²) in [4.78, 5) is 9.46. The van der Waals surface area contributed by atoms with Crippen LogP contribution in [0.5, 0.6) is 0 Å². The summed E-state index contributed by atoms with van der Waals surface area (Å²) in [6, 6.07) is 0.520. The summed E-state index contributed by atoms with van der Waals surface area (Å²) in [6.07, 6.45) is 3.56. The second kappa shape index (κ2) is 6.57. The molecule has 4 rings (SSSR count). The van der Waals surface area contributed by atoms with Crippen LogP contribution in [0.25, 0.3) is 0 Å². The number of aliphatic imine (C=N–C) groups is 1. The summed E-state index contributed by atoms with van der Waals surface area (Å²) in [5, 5.41) is 3.57. The molecule has 0 aromatic carbocycles. The molecule has 0 saturated carbocycles. The van der Waals surface area contributed by atoms with Gasteiger partial charge in [-0.15, -0.1) is 0 Å². The van der Waals surface area contributed by atoms with Gasteiger partial charge in [-0.2, -0.15) is 0 Å². The van der Waals surface area contributed by atoms with E-state index in [1.54, 1.807) is 0 Å². The van der Waals surface area contributed by atoms with Gasteiger partial charge in [0.1, 0.15) is 0 Å². The monoisotopic (exact) mass is 322 g/mol. The van der Waals surface area contributed by atoms with Gasteiger partial charge in [0.05, 0.1) is 25.4 Å². The van der Waals surface area contributed by atoms with Gasteiger partial charge in [0.25, 0.3) is 0 Å². The zero-order chi connectivity index (χ0) is 15.8. The number of guanidine groups is 1. The van der Waals surface area contributed by atoms with Crippen molar-refractivity contribution in [2.75, 3.05) is 53.0 Å². The van der Waals surface area contributed by atoms with E-state index >= 15 is 0 Å². The lowest BCUT2D eigenvalue weighted by molar-refractivity contribution is 0.000821. The molecule has 4 saturated heterocycles. The molecule has 0 aliphatic carbocycles. The van der Waals surface area contributed by atoms with E-state index in [1.807, 2.05) is 7.05 Å². The quantitative estimate of drug-likeness (QED) is 0.602. The first-order valence-electron chi connectivity index (χ1n) is 9.19. The van der Waals surface area contributed by atoms with E-state index in [9.17, 15) is 0 Å². The molecule has 23 heavy (non-hydrogen) atoms. The highest BCUT2D eigenvalue weighted by Crippen LogP contribution is 2.47. The van der Waals surface area contributed by atoms with Gasteiger partial charge in [-0.05, 0) is 19.8 Å². The summed E-state index contributed by atoms with van der Waals surface area (Å²) in [5.74, 6) is 2.53. The van der Waals surface area contributed by atoms with Crippen molar-refractivity contribution in [2.45, 2.75) is 38.0 Å². The minimum Gasteiger partial charge on any atom is -0.379 e. The van der Waals surface area contributed by atoms with Crippen LogP contribution in [0.1, 0.15) is 19.8 Å². The van der Waals surface area contributed by atoms with Crippen molar-refractivity contribution >= 4 is 5.96 Å². The van der Waals surface area contributed by atoms with E-state index in [2.05, 4.69) is 27.0 Å². The molecule has 1 N–H and O–H groups in total. The summed E-state index contributed by atoms with van der Waals surface area (Å²) >= 11 is 0. The van der Waals surface area contributed by atoms with E-state index in [4.69, 9.17) is 9.47 Å². The van der Waals surface area contributed by atoms with Gasteiger partial charge in [-0.25, -0.2) is 0 Å². The average molecular weight is 322 g/mol. The van der Waals surface area contributed by atoms with Crippen LogP contribution in [0.3, 0.4) is 0 Å². The molecule has 5 atom stereocenters. The van der Waals surface area contributed by atoms with Gasteiger partial charge in [-0.3, -0.25) is 9.89 Å². The number of fused-ring (bicyclic) bond motifs is 5. The number of nitrogens with zero attached hydrogens (tertiary/aromatic N) is 3. The van der Waals surface area contributed by atoms with E-state index in [-0.39, 0.29) is 0 Å². The molecule has 0 aromatic heterocycles. The normalized spacial score (nSPS) is 40.7. The molecule has 0 radical (unpaired) electrons. The van der Waals surface area contributed by atoms with E-state index in [0.29, 0.717) is 18.2 Å². The van der Waals surface area contributed by atoms with E-state index in [0.717, 1.165) is 63.7 Å². The van der Waals surface area contributed by atoms with Gasteiger partial charge in [0.15, 0.2) is 5.96 Å². The maximum absolute atomic E-state index is 6.07. The second-order valence-electron chi connectivity index (χ2n) is 7.46.